The quantitative estimate of drug-likeness (QED) is 0.816. The van der Waals surface area contributed by atoms with Crippen LogP contribution in [0.15, 0.2) is 18.7 Å². The van der Waals surface area contributed by atoms with Crippen LogP contribution in [0.1, 0.15) is 12.8 Å². The summed E-state index contributed by atoms with van der Waals surface area (Å²) in [6.07, 6.45) is 8.43. The molecule has 0 spiro atoms. The number of rotatable bonds is 4. The minimum absolute atomic E-state index is 0.734. The zero-order chi connectivity index (χ0) is 9.64. The first-order chi connectivity index (χ1) is 6.95. The molecule has 1 aliphatic rings. The van der Waals surface area contributed by atoms with Gasteiger partial charge in [-0.1, -0.05) is 0 Å². The maximum Gasteiger partial charge on any atom is 0.0946 e. The Morgan fingerprint density at radius 1 is 1.57 bits per heavy atom. The molecule has 0 aromatic carbocycles. The van der Waals surface area contributed by atoms with Crippen LogP contribution in [0.4, 0.5) is 0 Å². The Bertz CT molecular complexity index is 242. The molecule has 1 N–H and O–H groups in total. The zero-order valence-corrected chi connectivity index (χ0v) is 9.17. The second-order valence-corrected chi connectivity index (χ2v) is 4.82. The van der Waals surface area contributed by atoms with Crippen molar-refractivity contribution in [1.29, 1.82) is 0 Å². The normalized spacial score (nSPS) is 22.4. The summed E-state index contributed by atoms with van der Waals surface area (Å²) in [7, 11) is 0. The molecule has 14 heavy (non-hydrogen) atoms. The van der Waals surface area contributed by atoms with Crippen LogP contribution in [0.5, 0.6) is 0 Å². The van der Waals surface area contributed by atoms with Crippen LogP contribution in [0, 0.1) is 0 Å². The van der Waals surface area contributed by atoms with Gasteiger partial charge in [0.15, 0.2) is 0 Å². The summed E-state index contributed by atoms with van der Waals surface area (Å²) in [5.41, 5.74) is 0. The van der Waals surface area contributed by atoms with Gasteiger partial charge in [-0.05, 0) is 18.6 Å². The fourth-order valence-electron chi connectivity index (χ4n) is 1.72. The van der Waals surface area contributed by atoms with E-state index in [9.17, 15) is 0 Å². The van der Waals surface area contributed by atoms with Gasteiger partial charge in [0.1, 0.15) is 0 Å². The standard InChI is InChI=1S/C10H17N3S/c1-2-10(8-14-7-1)12-4-6-13-5-3-11-9-13/h3,5,9-10,12H,1-2,4,6-8H2. The van der Waals surface area contributed by atoms with Crippen molar-refractivity contribution in [2.24, 2.45) is 0 Å². The molecule has 1 saturated heterocycles. The first-order valence-electron chi connectivity index (χ1n) is 5.22. The van der Waals surface area contributed by atoms with Gasteiger partial charge in [0.25, 0.3) is 0 Å². The Labute approximate surface area is 89.3 Å². The molecule has 0 amide bonds. The van der Waals surface area contributed by atoms with Crippen LogP contribution < -0.4 is 5.32 Å². The SMILES string of the molecule is c1cn(CCNC2CCCSC2)cn1. The van der Waals surface area contributed by atoms with Crippen LogP contribution in [0.25, 0.3) is 0 Å². The molecule has 1 unspecified atom stereocenters. The van der Waals surface area contributed by atoms with Gasteiger partial charge in [-0.3, -0.25) is 0 Å². The Morgan fingerprint density at radius 3 is 3.29 bits per heavy atom. The molecule has 0 saturated carbocycles. The van der Waals surface area contributed by atoms with E-state index in [-0.39, 0.29) is 0 Å². The second kappa shape index (κ2) is 5.41. The fourth-order valence-corrected chi connectivity index (χ4v) is 2.82. The smallest absolute Gasteiger partial charge is 0.0946 e. The van der Waals surface area contributed by atoms with Crippen molar-refractivity contribution in [2.75, 3.05) is 18.1 Å². The van der Waals surface area contributed by atoms with Gasteiger partial charge in [0.05, 0.1) is 6.33 Å². The molecule has 1 fully saturated rings. The highest BCUT2D eigenvalue weighted by molar-refractivity contribution is 7.99. The predicted octanol–water partition coefficient (Wildman–Crippen LogP) is 1.37. The van der Waals surface area contributed by atoms with E-state index in [4.69, 9.17) is 0 Å². The van der Waals surface area contributed by atoms with Crippen LogP contribution in [0.2, 0.25) is 0 Å². The highest BCUT2D eigenvalue weighted by Gasteiger charge is 2.11. The Morgan fingerprint density at radius 2 is 2.57 bits per heavy atom. The summed E-state index contributed by atoms with van der Waals surface area (Å²) < 4.78 is 2.11. The molecule has 0 bridgehead atoms. The minimum atomic E-state index is 0.734. The van der Waals surface area contributed by atoms with E-state index in [1.165, 1.54) is 24.3 Å². The van der Waals surface area contributed by atoms with Crippen molar-refractivity contribution < 1.29 is 0 Å². The molecule has 1 aromatic heterocycles. The Hall–Kier alpha value is -0.480. The number of nitrogens with zero attached hydrogens (tertiary/aromatic N) is 2. The van der Waals surface area contributed by atoms with Crippen molar-refractivity contribution >= 4 is 11.8 Å². The molecule has 1 aliphatic heterocycles. The van der Waals surface area contributed by atoms with Crippen molar-refractivity contribution in [3.63, 3.8) is 0 Å². The molecule has 78 valence electrons. The molecule has 1 atom stereocenters. The molecule has 2 rings (SSSR count). The lowest BCUT2D eigenvalue weighted by atomic mass is 10.2. The van der Waals surface area contributed by atoms with Crippen LogP contribution in [-0.2, 0) is 6.54 Å². The molecule has 4 heteroatoms. The number of nitrogens with one attached hydrogen (secondary N) is 1. The van der Waals surface area contributed by atoms with Gasteiger partial charge in [0, 0.05) is 37.3 Å². The minimum Gasteiger partial charge on any atom is -0.336 e. The number of hydrogen-bond acceptors (Lipinski definition) is 3. The molecular formula is C10H17N3S. The lowest BCUT2D eigenvalue weighted by Gasteiger charge is -2.22. The van der Waals surface area contributed by atoms with Gasteiger partial charge >= 0.3 is 0 Å². The topological polar surface area (TPSA) is 29.9 Å². The number of aromatic nitrogens is 2. The Balaban J connectivity index is 1.62. The van der Waals surface area contributed by atoms with Crippen molar-refractivity contribution in [3.05, 3.63) is 18.7 Å². The van der Waals surface area contributed by atoms with E-state index in [1.807, 2.05) is 18.7 Å². The first-order valence-corrected chi connectivity index (χ1v) is 6.37. The predicted molar refractivity (Wildman–Crippen MR) is 60.6 cm³/mol. The molecule has 2 heterocycles. The monoisotopic (exact) mass is 211 g/mol. The summed E-state index contributed by atoms with van der Waals surface area (Å²) >= 11 is 2.07. The van der Waals surface area contributed by atoms with Gasteiger partial charge in [-0.2, -0.15) is 11.8 Å². The van der Waals surface area contributed by atoms with E-state index in [2.05, 4.69) is 26.6 Å². The van der Waals surface area contributed by atoms with Gasteiger partial charge < -0.3 is 9.88 Å². The second-order valence-electron chi connectivity index (χ2n) is 3.67. The average Bonchev–Trinajstić information content (AvgIpc) is 2.72. The summed E-state index contributed by atoms with van der Waals surface area (Å²) in [6.45, 7) is 2.09. The van der Waals surface area contributed by atoms with Crippen LogP contribution >= 0.6 is 11.8 Å². The lowest BCUT2D eigenvalue weighted by molar-refractivity contribution is 0.485. The van der Waals surface area contributed by atoms with E-state index >= 15 is 0 Å². The van der Waals surface area contributed by atoms with E-state index in [0.29, 0.717) is 0 Å². The lowest BCUT2D eigenvalue weighted by Crippen LogP contribution is -2.35. The molecule has 1 aromatic rings. The summed E-state index contributed by atoms with van der Waals surface area (Å²) in [6, 6.07) is 0.734. The van der Waals surface area contributed by atoms with Crippen LogP contribution in [0.3, 0.4) is 0 Å². The van der Waals surface area contributed by atoms with E-state index in [0.717, 1.165) is 19.1 Å². The molecule has 0 aliphatic carbocycles. The van der Waals surface area contributed by atoms with Gasteiger partial charge in [0.2, 0.25) is 0 Å². The third-order valence-corrected chi connectivity index (χ3v) is 3.74. The third-order valence-electron chi connectivity index (χ3n) is 2.52. The molecule has 0 radical (unpaired) electrons. The molecular weight excluding hydrogens is 194 g/mol. The maximum atomic E-state index is 4.02. The van der Waals surface area contributed by atoms with Crippen LogP contribution in [-0.4, -0.2) is 33.6 Å². The third kappa shape index (κ3) is 3.03. The Kier molecular flexibility index (Phi) is 3.89. The highest BCUT2D eigenvalue weighted by Crippen LogP contribution is 2.16. The maximum absolute atomic E-state index is 4.02. The van der Waals surface area contributed by atoms with Gasteiger partial charge in [-0.15, -0.1) is 0 Å². The summed E-state index contributed by atoms with van der Waals surface area (Å²) in [5.74, 6) is 2.63. The summed E-state index contributed by atoms with van der Waals surface area (Å²) in [4.78, 5) is 4.02. The number of hydrogen-bond donors (Lipinski definition) is 1. The molecule has 3 nitrogen and oxygen atoms in total. The number of imidazole rings is 1. The number of thioether (sulfide) groups is 1. The van der Waals surface area contributed by atoms with E-state index in [1.54, 1.807) is 0 Å². The van der Waals surface area contributed by atoms with Crippen molar-refractivity contribution in [3.8, 4) is 0 Å². The average molecular weight is 211 g/mol. The fraction of sp³-hybridized carbons (Fsp3) is 0.700. The first kappa shape index (κ1) is 10.1. The van der Waals surface area contributed by atoms with Crippen molar-refractivity contribution in [1.82, 2.24) is 14.9 Å². The zero-order valence-electron chi connectivity index (χ0n) is 8.35. The largest absolute Gasteiger partial charge is 0.336 e. The van der Waals surface area contributed by atoms with Gasteiger partial charge in [-0.25, -0.2) is 4.98 Å². The van der Waals surface area contributed by atoms with Crippen molar-refractivity contribution in [2.45, 2.75) is 25.4 Å². The highest BCUT2D eigenvalue weighted by atomic mass is 32.2. The summed E-state index contributed by atoms with van der Waals surface area (Å²) in [5, 5.41) is 3.59. The van der Waals surface area contributed by atoms with E-state index < -0.39 is 0 Å².